The maximum atomic E-state index is 12.3. The van der Waals surface area contributed by atoms with Gasteiger partial charge in [-0.3, -0.25) is 0 Å². The van der Waals surface area contributed by atoms with Crippen molar-refractivity contribution in [3.63, 3.8) is 0 Å². The molecule has 0 saturated carbocycles. The van der Waals surface area contributed by atoms with Crippen molar-refractivity contribution in [1.82, 2.24) is 9.97 Å². The summed E-state index contributed by atoms with van der Waals surface area (Å²) < 4.78 is 43.5. The van der Waals surface area contributed by atoms with Crippen LogP contribution in [0.3, 0.4) is 0 Å². The highest BCUT2D eigenvalue weighted by molar-refractivity contribution is 8.03. The van der Waals surface area contributed by atoms with Crippen LogP contribution in [0.2, 0.25) is 0 Å². The molecular weight excluding hydrogens is 316 g/mol. The molecule has 1 aliphatic rings. The molecule has 8 nitrogen and oxygen atoms in total. The molecule has 2 heterocycles. The first-order valence-electron chi connectivity index (χ1n) is 6.45. The van der Waals surface area contributed by atoms with Crippen LogP contribution >= 0.6 is 0 Å². The molecule has 10 heteroatoms. The molecule has 1 aromatic heterocycles. The van der Waals surface area contributed by atoms with Gasteiger partial charge < -0.3 is 9.64 Å². The lowest BCUT2D eigenvalue weighted by atomic mass is 10.4. The predicted molar refractivity (Wildman–Crippen MR) is 80.6 cm³/mol. The zero-order valence-electron chi connectivity index (χ0n) is 11.9. The SMILES string of the molecule is CCOc1cc(N2CCS(=O)(=NS(C)(=O)=O)CC2)ncn1. The van der Waals surface area contributed by atoms with Gasteiger partial charge in [0.1, 0.15) is 12.1 Å². The Labute approximate surface area is 124 Å². The molecule has 0 atom stereocenters. The van der Waals surface area contributed by atoms with Gasteiger partial charge in [-0.15, -0.1) is 3.77 Å². The molecule has 21 heavy (non-hydrogen) atoms. The monoisotopic (exact) mass is 334 g/mol. The summed E-state index contributed by atoms with van der Waals surface area (Å²) in [7, 11) is -6.28. The Balaban J connectivity index is 2.13. The van der Waals surface area contributed by atoms with Crippen LogP contribution in [0.4, 0.5) is 5.82 Å². The molecule has 0 amide bonds. The van der Waals surface area contributed by atoms with Crippen molar-refractivity contribution in [3.05, 3.63) is 12.4 Å². The van der Waals surface area contributed by atoms with Crippen molar-refractivity contribution in [2.24, 2.45) is 3.77 Å². The molecule has 0 aliphatic carbocycles. The number of nitrogens with zero attached hydrogens (tertiary/aromatic N) is 4. The summed E-state index contributed by atoms with van der Waals surface area (Å²) in [5.41, 5.74) is 0. The van der Waals surface area contributed by atoms with Crippen molar-refractivity contribution in [3.8, 4) is 5.88 Å². The molecule has 1 aliphatic heterocycles. The average molecular weight is 334 g/mol. The Morgan fingerprint density at radius 3 is 2.62 bits per heavy atom. The van der Waals surface area contributed by atoms with Gasteiger partial charge in [0, 0.05) is 19.2 Å². The fourth-order valence-electron chi connectivity index (χ4n) is 2.00. The number of anilines is 1. The lowest BCUT2D eigenvalue weighted by Crippen LogP contribution is -2.40. The second kappa shape index (κ2) is 6.14. The van der Waals surface area contributed by atoms with Crippen molar-refractivity contribution in [2.45, 2.75) is 6.92 Å². The quantitative estimate of drug-likeness (QED) is 0.771. The average Bonchev–Trinajstić information content (AvgIpc) is 2.37. The van der Waals surface area contributed by atoms with Crippen LogP contribution in [-0.2, 0) is 19.8 Å². The maximum Gasteiger partial charge on any atom is 0.257 e. The van der Waals surface area contributed by atoms with Gasteiger partial charge in [0.2, 0.25) is 5.88 Å². The van der Waals surface area contributed by atoms with Crippen LogP contribution in [0.25, 0.3) is 0 Å². The normalized spacial score (nSPS) is 18.3. The van der Waals surface area contributed by atoms with Gasteiger partial charge in [-0.2, -0.15) is 0 Å². The highest BCUT2D eigenvalue weighted by atomic mass is 32.3. The van der Waals surface area contributed by atoms with E-state index in [1.807, 2.05) is 11.8 Å². The highest BCUT2D eigenvalue weighted by Gasteiger charge is 2.23. The van der Waals surface area contributed by atoms with Crippen LogP contribution < -0.4 is 9.64 Å². The number of sulfonamides is 1. The number of rotatable bonds is 4. The van der Waals surface area contributed by atoms with Crippen LogP contribution in [0, 0.1) is 0 Å². The summed E-state index contributed by atoms with van der Waals surface area (Å²) in [6.45, 7) is 3.24. The molecule has 0 unspecified atom stereocenters. The second-order valence-corrected chi connectivity index (χ2v) is 9.05. The van der Waals surface area contributed by atoms with E-state index in [4.69, 9.17) is 4.74 Å². The molecule has 0 N–H and O–H groups in total. The summed E-state index contributed by atoms with van der Waals surface area (Å²) >= 11 is 0. The molecule has 0 bridgehead atoms. The maximum absolute atomic E-state index is 12.3. The molecule has 0 radical (unpaired) electrons. The van der Waals surface area contributed by atoms with Crippen molar-refractivity contribution >= 4 is 25.6 Å². The van der Waals surface area contributed by atoms with E-state index in [1.54, 1.807) is 6.07 Å². The zero-order valence-corrected chi connectivity index (χ0v) is 13.6. The Kier molecular flexibility index (Phi) is 4.67. The van der Waals surface area contributed by atoms with E-state index in [1.165, 1.54) is 6.33 Å². The molecule has 1 aromatic rings. The summed E-state index contributed by atoms with van der Waals surface area (Å²) in [5, 5.41) is 0. The predicted octanol–water partition coefficient (Wildman–Crippen LogP) is 0.123. The molecule has 1 saturated heterocycles. The van der Waals surface area contributed by atoms with E-state index >= 15 is 0 Å². The minimum Gasteiger partial charge on any atom is -0.478 e. The van der Waals surface area contributed by atoms with E-state index < -0.39 is 19.8 Å². The fraction of sp³-hybridized carbons (Fsp3) is 0.636. The lowest BCUT2D eigenvalue weighted by Gasteiger charge is -2.29. The summed E-state index contributed by atoms with van der Waals surface area (Å²) in [4.78, 5) is 10.1. The molecular formula is C11H18N4O4S2. The Bertz CT molecular complexity index is 711. The minimum atomic E-state index is -3.59. The van der Waals surface area contributed by atoms with Gasteiger partial charge in [-0.1, -0.05) is 0 Å². The molecule has 2 rings (SSSR count). The Morgan fingerprint density at radius 2 is 2.05 bits per heavy atom. The summed E-state index contributed by atoms with van der Waals surface area (Å²) in [5.74, 6) is 1.56. The zero-order chi connectivity index (χ0) is 15.5. The number of aromatic nitrogens is 2. The van der Waals surface area contributed by atoms with E-state index in [-0.39, 0.29) is 11.5 Å². The Hall–Kier alpha value is -1.42. The highest BCUT2D eigenvalue weighted by Crippen LogP contribution is 2.19. The second-order valence-electron chi connectivity index (χ2n) is 4.62. The van der Waals surface area contributed by atoms with E-state index in [0.29, 0.717) is 31.4 Å². The summed E-state index contributed by atoms with van der Waals surface area (Å²) in [6.07, 6.45) is 2.37. The van der Waals surface area contributed by atoms with E-state index in [2.05, 4.69) is 13.7 Å². The van der Waals surface area contributed by atoms with E-state index in [0.717, 1.165) is 6.26 Å². The molecule has 1 fully saturated rings. The minimum absolute atomic E-state index is 0.202. The first-order valence-corrected chi connectivity index (χ1v) is 10.1. The summed E-state index contributed by atoms with van der Waals surface area (Å²) in [6, 6.07) is 1.71. The van der Waals surface area contributed by atoms with Gasteiger partial charge in [-0.05, 0) is 6.92 Å². The van der Waals surface area contributed by atoms with Crippen LogP contribution in [0.15, 0.2) is 16.2 Å². The smallest absolute Gasteiger partial charge is 0.257 e. The first kappa shape index (κ1) is 16.0. The Morgan fingerprint density at radius 1 is 1.38 bits per heavy atom. The third kappa shape index (κ3) is 4.53. The van der Waals surface area contributed by atoms with Gasteiger partial charge in [0.25, 0.3) is 10.0 Å². The van der Waals surface area contributed by atoms with E-state index in [9.17, 15) is 12.6 Å². The van der Waals surface area contributed by atoms with Gasteiger partial charge in [0.05, 0.1) is 34.1 Å². The number of ether oxygens (including phenoxy) is 1. The third-order valence-corrected chi connectivity index (χ3v) is 6.69. The standard InChI is InChI=1S/C11H18N4O4S2/c1-3-19-11-8-10(12-9-13-11)15-4-6-21(18,7-5-15)14-20(2,16)17/h8-9H,3-7H2,1-2H3. The topological polar surface area (TPSA) is 102 Å². The van der Waals surface area contributed by atoms with Crippen LogP contribution in [0.1, 0.15) is 6.92 Å². The molecule has 0 spiro atoms. The molecule has 118 valence electrons. The van der Waals surface area contributed by atoms with Gasteiger partial charge >= 0.3 is 0 Å². The van der Waals surface area contributed by atoms with Crippen molar-refractivity contribution in [1.29, 1.82) is 0 Å². The van der Waals surface area contributed by atoms with Crippen LogP contribution in [-0.4, -0.2) is 60.1 Å². The largest absolute Gasteiger partial charge is 0.478 e. The third-order valence-electron chi connectivity index (χ3n) is 2.88. The van der Waals surface area contributed by atoms with Crippen LogP contribution in [0.5, 0.6) is 5.88 Å². The van der Waals surface area contributed by atoms with Gasteiger partial charge in [0.15, 0.2) is 0 Å². The first-order chi connectivity index (χ1) is 9.81. The number of hydrogen-bond donors (Lipinski definition) is 0. The fourth-order valence-corrected chi connectivity index (χ4v) is 5.79. The number of hydrogen-bond acceptors (Lipinski definition) is 7. The van der Waals surface area contributed by atoms with Crippen molar-refractivity contribution < 1.29 is 17.4 Å². The van der Waals surface area contributed by atoms with Gasteiger partial charge in [-0.25, -0.2) is 22.6 Å². The molecule has 0 aromatic carbocycles. The van der Waals surface area contributed by atoms with Crippen molar-refractivity contribution in [2.75, 3.05) is 42.4 Å². The lowest BCUT2D eigenvalue weighted by molar-refractivity contribution is 0.326.